The maximum absolute atomic E-state index is 11.8. The molecule has 6 heteroatoms. The number of carbonyl (C=O) groups excluding carboxylic acids is 1. The lowest BCUT2D eigenvalue weighted by Crippen LogP contribution is -2.38. The number of amides is 1. The average Bonchev–Trinajstić information content (AvgIpc) is 2.21. The predicted octanol–water partition coefficient (Wildman–Crippen LogP) is 2.29. The largest absolute Gasteiger partial charge is 0.375 e. The Kier molecular flexibility index (Phi) is 6.33. The Morgan fingerprint density at radius 1 is 1.53 bits per heavy atom. The fraction of sp³-hybridized carbons (Fsp3) is 0.909. The van der Waals surface area contributed by atoms with Gasteiger partial charge in [0.2, 0.25) is 5.91 Å². The summed E-state index contributed by atoms with van der Waals surface area (Å²) in [6.45, 7) is 0.222. The summed E-state index contributed by atoms with van der Waals surface area (Å²) in [5.41, 5.74) is 0. The lowest BCUT2D eigenvalue weighted by atomic mass is 9.85. The number of hydrogen-bond donors (Lipinski definition) is 0. The molecule has 1 aliphatic carbocycles. The number of carbonyl (C=O) groups is 1. The van der Waals surface area contributed by atoms with Gasteiger partial charge in [-0.25, -0.2) is 8.78 Å². The smallest absolute Gasteiger partial charge is 0.261 e. The first-order valence-electron chi connectivity index (χ1n) is 5.73. The van der Waals surface area contributed by atoms with Crippen LogP contribution in [0.5, 0.6) is 0 Å². The van der Waals surface area contributed by atoms with Crippen LogP contribution in [-0.2, 0) is 9.53 Å². The van der Waals surface area contributed by atoms with Crippen molar-refractivity contribution in [2.45, 2.75) is 30.5 Å². The molecule has 0 aliphatic heterocycles. The second-order valence-corrected chi connectivity index (χ2v) is 5.72. The number of alkyl halides is 3. The van der Waals surface area contributed by atoms with Crippen LogP contribution in [0.3, 0.4) is 0 Å². The Hall–Kier alpha value is -0.230. The molecule has 0 spiro atoms. The summed E-state index contributed by atoms with van der Waals surface area (Å²) >= 11 is 3.50. The van der Waals surface area contributed by atoms with Crippen molar-refractivity contribution in [2.75, 3.05) is 26.8 Å². The van der Waals surface area contributed by atoms with E-state index in [1.165, 1.54) is 0 Å². The van der Waals surface area contributed by atoms with E-state index in [0.29, 0.717) is 10.7 Å². The first-order chi connectivity index (χ1) is 7.99. The van der Waals surface area contributed by atoms with Crippen molar-refractivity contribution in [3.63, 3.8) is 0 Å². The van der Waals surface area contributed by atoms with E-state index in [9.17, 15) is 13.6 Å². The van der Waals surface area contributed by atoms with Crippen molar-refractivity contribution in [3.05, 3.63) is 0 Å². The van der Waals surface area contributed by atoms with E-state index in [4.69, 9.17) is 0 Å². The van der Waals surface area contributed by atoms with E-state index in [-0.39, 0.29) is 18.9 Å². The molecule has 0 radical (unpaired) electrons. The third-order valence-electron chi connectivity index (χ3n) is 2.84. The van der Waals surface area contributed by atoms with Gasteiger partial charge in [-0.3, -0.25) is 4.79 Å². The molecule has 1 aliphatic rings. The second-order valence-electron chi connectivity index (χ2n) is 4.42. The Balaban J connectivity index is 2.06. The van der Waals surface area contributed by atoms with E-state index >= 15 is 0 Å². The Morgan fingerprint density at radius 2 is 2.18 bits per heavy atom. The second kappa shape index (κ2) is 7.26. The van der Waals surface area contributed by atoms with E-state index in [0.717, 1.165) is 19.4 Å². The fourth-order valence-electron chi connectivity index (χ4n) is 1.82. The van der Waals surface area contributed by atoms with Gasteiger partial charge in [0.1, 0.15) is 6.61 Å². The molecule has 100 valence electrons. The molecular weight excluding hydrogens is 296 g/mol. The van der Waals surface area contributed by atoms with Crippen molar-refractivity contribution in [3.8, 4) is 0 Å². The Labute approximate surface area is 109 Å². The van der Waals surface area contributed by atoms with Gasteiger partial charge < -0.3 is 9.64 Å². The van der Waals surface area contributed by atoms with E-state index in [2.05, 4.69) is 20.7 Å². The maximum Gasteiger partial charge on any atom is 0.261 e. The van der Waals surface area contributed by atoms with E-state index in [1.807, 2.05) is 0 Å². The summed E-state index contributed by atoms with van der Waals surface area (Å²) in [5, 5.41) is 0. The van der Waals surface area contributed by atoms with Crippen LogP contribution in [-0.4, -0.2) is 48.9 Å². The van der Waals surface area contributed by atoms with Crippen LogP contribution in [0.1, 0.15) is 19.3 Å². The molecule has 0 unspecified atom stereocenters. The highest BCUT2D eigenvalue weighted by molar-refractivity contribution is 9.09. The summed E-state index contributed by atoms with van der Waals surface area (Å²) in [6.07, 6.45) is -0.0964. The van der Waals surface area contributed by atoms with Crippen LogP contribution in [0.25, 0.3) is 0 Å². The third-order valence-corrected chi connectivity index (χ3v) is 3.59. The van der Waals surface area contributed by atoms with Gasteiger partial charge in [0.15, 0.2) is 0 Å². The zero-order valence-corrected chi connectivity index (χ0v) is 11.5. The zero-order chi connectivity index (χ0) is 12.8. The minimum Gasteiger partial charge on any atom is -0.375 e. The molecule has 17 heavy (non-hydrogen) atoms. The third kappa shape index (κ3) is 5.77. The number of nitrogens with zero attached hydrogens (tertiary/aromatic N) is 1. The molecule has 0 atom stereocenters. The van der Waals surface area contributed by atoms with Gasteiger partial charge in [0, 0.05) is 18.4 Å². The highest BCUT2D eigenvalue weighted by Crippen LogP contribution is 2.33. The average molecular weight is 314 g/mol. The fourth-order valence-corrected chi connectivity index (χ4v) is 2.87. The minimum atomic E-state index is -2.46. The van der Waals surface area contributed by atoms with Crippen LogP contribution in [0.2, 0.25) is 0 Å². The van der Waals surface area contributed by atoms with Gasteiger partial charge in [0.25, 0.3) is 6.43 Å². The van der Waals surface area contributed by atoms with Gasteiger partial charge >= 0.3 is 0 Å². The standard InChI is InChI=1S/C11H18BrF2NO2/c1-15(6-8-4-9(12)5-8)11(16)2-3-17-7-10(13)14/h8-10H,2-7H2,1H3. The Morgan fingerprint density at radius 3 is 2.71 bits per heavy atom. The highest BCUT2D eigenvalue weighted by atomic mass is 79.9. The molecule has 1 amide bonds. The molecule has 0 heterocycles. The van der Waals surface area contributed by atoms with E-state index < -0.39 is 13.0 Å². The van der Waals surface area contributed by atoms with Gasteiger partial charge in [-0.1, -0.05) is 15.9 Å². The molecule has 3 nitrogen and oxygen atoms in total. The molecule has 0 bridgehead atoms. The van der Waals surface area contributed by atoms with Crippen LogP contribution < -0.4 is 0 Å². The topological polar surface area (TPSA) is 29.5 Å². The highest BCUT2D eigenvalue weighted by Gasteiger charge is 2.28. The summed E-state index contributed by atoms with van der Waals surface area (Å²) in [6, 6.07) is 0. The SMILES string of the molecule is CN(CC1CC(Br)C1)C(=O)CCOCC(F)F. The summed E-state index contributed by atoms with van der Waals surface area (Å²) < 4.78 is 28.2. The van der Waals surface area contributed by atoms with Crippen LogP contribution in [0.15, 0.2) is 0 Å². The molecule has 0 saturated heterocycles. The molecule has 1 fully saturated rings. The van der Waals surface area contributed by atoms with Crippen LogP contribution >= 0.6 is 15.9 Å². The molecule has 0 aromatic rings. The predicted molar refractivity (Wildman–Crippen MR) is 64.5 cm³/mol. The molecule has 0 aromatic heterocycles. The number of hydrogen-bond acceptors (Lipinski definition) is 2. The number of ether oxygens (including phenoxy) is 1. The van der Waals surface area contributed by atoms with Crippen LogP contribution in [0, 0.1) is 5.92 Å². The molecular formula is C11H18BrF2NO2. The lowest BCUT2D eigenvalue weighted by molar-refractivity contribution is -0.132. The van der Waals surface area contributed by atoms with Gasteiger partial charge in [-0.15, -0.1) is 0 Å². The summed E-state index contributed by atoms with van der Waals surface area (Å²) in [7, 11) is 1.75. The molecule has 1 saturated carbocycles. The maximum atomic E-state index is 11.8. The van der Waals surface area contributed by atoms with Crippen molar-refractivity contribution in [1.29, 1.82) is 0 Å². The zero-order valence-electron chi connectivity index (χ0n) is 9.87. The quantitative estimate of drug-likeness (QED) is 0.533. The Bertz CT molecular complexity index is 248. The van der Waals surface area contributed by atoms with Gasteiger partial charge in [0.05, 0.1) is 13.0 Å². The van der Waals surface area contributed by atoms with Crippen molar-refractivity contribution < 1.29 is 18.3 Å². The number of halogens is 3. The summed E-state index contributed by atoms with van der Waals surface area (Å²) in [5.74, 6) is 0.521. The van der Waals surface area contributed by atoms with Crippen LogP contribution in [0.4, 0.5) is 8.78 Å². The molecule has 0 N–H and O–H groups in total. The van der Waals surface area contributed by atoms with E-state index in [1.54, 1.807) is 11.9 Å². The summed E-state index contributed by atoms with van der Waals surface area (Å²) in [4.78, 5) is 13.8. The van der Waals surface area contributed by atoms with Crippen molar-refractivity contribution >= 4 is 21.8 Å². The lowest BCUT2D eigenvalue weighted by Gasteiger charge is -2.34. The van der Waals surface area contributed by atoms with Crippen molar-refractivity contribution in [2.24, 2.45) is 5.92 Å². The van der Waals surface area contributed by atoms with Gasteiger partial charge in [-0.05, 0) is 18.8 Å². The van der Waals surface area contributed by atoms with Crippen molar-refractivity contribution in [1.82, 2.24) is 4.90 Å². The first kappa shape index (κ1) is 14.8. The number of rotatable bonds is 7. The minimum absolute atomic E-state index is 0.0442. The molecule has 0 aromatic carbocycles. The van der Waals surface area contributed by atoms with Gasteiger partial charge in [-0.2, -0.15) is 0 Å². The molecule has 1 rings (SSSR count). The monoisotopic (exact) mass is 313 g/mol. The normalized spacial score (nSPS) is 23.6. The first-order valence-corrected chi connectivity index (χ1v) is 6.64.